The molecule has 0 unspecified atom stereocenters. The van der Waals surface area contributed by atoms with Crippen LogP contribution in [0.3, 0.4) is 0 Å². The lowest BCUT2D eigenvalue weighted by Gasteiger charge is -2.10. The van der Waals surface area contributed by atoms with Gasteiger partial charge in [-0.25, -0.2) is 49.9 Å². The third-order valence-corrected chi connectivity index (χ3v) is 18.8. The second-order valence-electron chi connectivity index (χ2n) is 24.2. The van der Waals surface area contributed by atoms with Crippen LogP contribution < -0.4 is 14.7 Å². The van der Waals surface area contributed by atoms with Crippen LogP contribution in [0.4, 0.5) is 57.4 Å². The van der Waals surface area contributed by atoms with E-state index >= 15 is 0 Å². The zero-order valence-electron chi connectivity index (χ0n) is 53.7. The van der Waals surface area contributed by atoms with Gasteiger partial charge in [-0.05, 0) is 99.2 Å². The zero-order valence-corrected chi connectivity index (χ0v) is 55.3. The second-order valence-corrected chi connectivity index (χ2v) is 26.3. The molecule has 0 N–H and O–H groups in total. The summed E-state index contributed by atoms with van der Waals surface area (Å²) >= 11 is 1.92. The lowest BCUT2D eigenvalue weighted by Crippen LogP contribution is -2.21. The number of rotatable bonds is 16. The van der Waals surface area contributed by atoms with Crippen molar-refractivity contribution >= 4 is 74.8 Å². The molecule has 12 aromatic rings. The molecule has 12 aromatic heterocycles. The van der Waals surface area contributed by atoms with Crippen LogP contribution in [0, 0.1) is 26.6 Å². The Labute approximate surface area is 564 Å². The molecule has 514 valence electrons. The first-order chi connectivity index (χ1) is 47.3. The van der Waals surface area contributed by atoms with Crippen molar-refractivity contribution in [2.24, 2.45) is 21.1 Å². The number of thiazole rings is 2. The van der Waals surface area contributed by atoms with Gasteiger partial charge in [0.1, 0.15) is 57.1 Å². The monoisotopic (exact) mass is 1410 g/mol. The molecule has 0 aromatic carbocycles. The Morgan fingerprint density at radius 3 is 1.49 bits per heavy atom. The Kier molecular flexibility index (Phi) is 18.5. The standard InChI is InChI=1S/C23H23F2N7O.C21H20F3N7OS.C20H17F4N7OS/c1-13-6-14(2)27-19(7-13)17-10-26-30(3)22(17)20(33)8-15-9-21-28-23(29-32(21)12-18(15)25)31-5-4-16(24)11-31;1-11-17(19(23)24)27-20(33-11)14-9-25-29(2)18(14)15(32)7-12-3-6-31-16(8-12)26-21(28-31)30-5-4-13(22)10-30;1-29-17(13(8-25-29)18-26-15(10-33-18)20(22,23)24)14(32)6-11-2-5-31-16(7-11)27-19(28-31)30-4-3-12(21)9-30/h6-7,9-10,12,16H,4-5,8,11H2,1-3H3;3,6,8-9,13,19H,4-5,7,10H2,1-2H3;2,5,7-8,10,12H,3-4,6,9H2,1H3/t16-;13-;12-/m000/s1. The molecule has 3 saturated heterocycles. The highest BCUT2D eigenvalue weighted by Crippen LogP contribution is 2.37. The van der Waals surface area contributed by atoms with E-state index in [1.54, 1.807) is 94.7 Å². The molecule has 0 radical (unpaired) electrons. The summed E-state index contributed by atoms with van der Waals surface area (Å²) in [6.45, 7) is 7.80. The SMILES string of the molecule is Cc1cc(C)nc(-c2cnn(C)c2C(=O)Cc2cc3nc(N4CC[C@H](F)C4)nn3cc2F)c1.Cc1sc(-c2cnn(C)c2C(=O)Cc2ccn3nc(N4CC[C@H](F)C4)nc3c2)nc1C(F)F.Cn1ncc(-c2nc(C(F)(F)F)cs2)c1C(=O)Cc1ccn2nc(N3CC[C@H](F)C3)nc2c1. The van der Waals surface area contributed by atoms with Crippen LogP contribution in [0.25, 0.3) is 49.3 Å². The van der Waals surface area contributed by atoms with Crippen LogP contribution >= 0.6 is 22.7 Å². The summed E-state index contributed by atoms with van der Waals surface area (Å²) in [4.78, 5) is 70.8. The Balaban J connectivity index is 0.000000133. The number of nitrogens with zero attached hydrogens (tertiary/aromatic N) is 21. The summed E-state index contributed by atoms with van der Waals surface area (Å²) in [5.41, 5.74) is 6.40. The number of fused-ring (bicyclic) bond motifs is 3. The minimum atomic E-state index is -4.56. The highest BCUT2D eigenvalue weighted by molar-refractivity contribution is 7.15. The van der Waals surface area contributed by atoms with Gasteiger partial charge in [0.25, 0.3) is 6.43 Å². The van der Waals surface area contributed by atoms with Crippen LogP contribution in [0.5, 0.6) is 0 Å². The molecule has 3 fully saturated rings. The molecule has 0 amide bonds. The van der Waals surface area contributed by atoms with Crippen molar-refractivity contribution in [3.8, 4) is 32.4 Å². The molecule has 24 nitrogen and oxygen atoms in total. The highest BCUT2D eigenvalue weighted by atomic mass is 32.1. The van der Waals surface area contributed by atoms with Gasteiger partial charge in [0.15, 0.2) is 40.0 Å². The third-order valence-electron chi connectivity index (χ3n) is 16.9. The molecular weight excluding hydrogens is 1350 g/mol. The summed E-state index contributed by atoms with van der Waals surface area (Å²) in [5, 5.41) is 26.8. The lowest BCUT2D eigenvalue weighted by atomic mass is 10.0. The fourth-order valence-electron chi connectivity index (χ4n) is 12.0. The number of pyridine rings is 4. The molecule has 15 heterocycles. The van der Waals surface area contributed by atoms with E-state index in [1.807, 2.05) is 26.0 Å². The van der Waals surface area contributed by atoms with Gasteiger partial charge in [-0.1, -0.05) is 0 Å². The van der Waals surface area contributed by atoms with Crippen molar-refractivity contribution < 1.29 is 53.9 Å². The fourth-order valence-corrected chi connectivity index (χ4v) is 13.8. The van der Waals surface area contributed by atoms with Gasteiger partial charge in [0, 0.05) is 99.5 Å². The van der Waals surface area contributed by atoms with Crippen molar-refractivity contribution in [3.63, 3.8) is 0 Å². The smallest absolute Gasteiger partial charge is 0.336 e. The molecule has 15 rings (SSSR count). The van der Waals surface area contributed by atoms with E-state index < -0.39 is 42.6 Å². The molecule has 0 bridgehead atoms. The van der Waals surface area contributed by atoms with Gasteiger partial charge in [0.05, 0.1) is 61.2 Å². The van der Waals surface area contributed by atoms with Crippen molar-refractivity contribution in [1.29, 1.82) is 0 Å². The van der Waals surface area contributed by atoms with Crippen molar-refractivity contribution in [1.82, 2.24) is 88.1 Å². The van der Waals surface area contributed by atoms with E-state index in [0.717, 1.165) is 39.3 Å². The first-order valence-electron chi connectivity index (χ1n) is 31.1. The van der Waals surface area contributed by atoms with Crippen molar-refractivity contribution in [2.75, 3.05) is 54.0 Å². The average Bonchev–Trinajstić information content (AvgIpc) is 1.83. The Hall–Kier alpha value is -10.3. The predicted octanol–water partition coefficient (Wildman–Crippen LogP) is 10.6. The summed E-state index contributed by atoms with van der Waals surface area (Å²) in [6.07, 6.45) is 0.259. The van der Waals surface area contributed by atoms with Gasteiger partial charge in [-0.15, -0.1) is 38.0 Å². The minimum absolute atomic E-state index is 0.0149. The second kappa shape index (κ2) is 27.2. The average molecular weight is 1410 g/mol. The van der Waals surface area contributed by atoms with E-state index in [0.29, 0.717) is 123 Å². The predicted molar refractivity (Wildman–Crippen MR) is 347 cm³/mol. The van der Waals surface area contributed by atoms with Crippen LogP contribution in [0.15, 0.2) is 85.0 Å². The maximum absolute atomic E-state index is 14.9. The molecule has 3 aliphatic heterocycles. The summed E-state index contributed by atoms with van der Waals surface area (Å²) in [5.74, 6) is -0.150. The maximum atomic E-state index is 14.9. The molecule has 0 aliphatic carbocycles. The van der Waals surface area contributed by atoms with E-state index in [1.165, 1.54) is 43.2 Å². The van der Waals surface area contributed by atoms with Gasteiger partial charge < -0.3 is 14.7 Å². The number of anilines is 3. The van der Waals surface area contributed by atoms with Crippen molar-refractivity contribution in [2.45, 2.75) is 90.4 Å². The number of ketones is 3. The normalized spacial score (nSPS) is 16.4. The van der Waals surface area contributed by atoms with Gasteiger partial charge >= 0.3 is 6.18 Å². The molecule has 3 aliphatic rings. The number of aryl methyl sites for hydroxylation is 6. The summed E-state index contributed by atoms with van der Waals surface area (Å²) in [7, 11) is 4.86. The van der Waals surface area contributed by atoms with Gasteiger partial charge in [0.2, 0.25) is 17.8 Å². The number of hydrogen-bond acceptors (Lipinski definition) is 20. The number of Topliss-reactive ketones (excluding diaryl/α,β-unsaturated/α-hetero) is 3. The number of carbonyl (C=O) groups is 3. The Morgan fingerprint density at radius 1 is 0.576 bits per heavy atom. The molecule has 3 atom stereocenters. The van der Waals surface area contributed by atoms with Gasteiger partial charge in [-0.2, -0.15) is 43.4 Å². The molecule has 35 heteroatoms. The first kappa shape index (κ1) is 67.3. The molecule has 0 saturated carbocycles. The lowest BCUT2D eigenvalue weighted by molar-refractivity contribution is -0.140. The Bertz CT molecular complexity index is 5030. The van der Waals surface area contributed by atoms with Crippen molar-refractivity contribution in [3.05, 3.63) is 152 Å². The quantitative estimate of drug-likeness (QED) is 0.0645. The van der Waals surface area contributed by atoms with E-state index in [4.69, 9.17) is 0 Å². The number of halogens is 9. The molecular formula is C64H60F9N21O3S2. The van der Waals surface area contributed by atoms with Crippen LogP contribution in [-0.2, 0) is 46.6 Å². The first-order valence-corrected chi connectivity index (χ1v) is 32.8. The maximum Gasteiger partial charge on any atom is 0.434 e. The van der Waals surface area contributed by atoms with Gasteiger partial charge in [-0.3, -0.25) is 33.4 Å². The van der Waals surface area contributed by atoms with E-state index in [2.05, 4.69) is 60.5 Å². The summed E-state index contributed by atoms with van der Waals surface area (Å²) < 4.78 is 129. The molecule has 0 spiro atoms. The number of hydrogen-bond donors (Lipinski definition) is 0. The largest absolute Gasteiger partial charge is 0.434 e. The molecule has 99 heavy (non-hydrogen) atoms. The van der Waals surface area contributed by atoms with E-state index in [9.17, 15) is 53.9 Å². The highest BCUT2D eigenvalue weighted by Gasteiger charge is 2.36. The minimum Gasteiger partial charge on any atom is -0.336 e. The number of aromatic nitrogens is 18. The Morgan fingerprint density at radius 2 is 1.04 bits per heavy atom. The topological polar surface area (TPSA) is 244 Å². The fraction of sp³-hybridized carbons (Fsp3) is 0.359. The third kappa shape index (κ3) is 14.2. The van der Waals surface area contributed by atoms with E-state index in [-0.39, 0.29) is 83.8 Å². The van der Waals surface area contributed by atoms with Crippen LogP contribution in [0.1, 0.15) is 101 Å². The number of carbonyl (C=O) groups excluding carboxylic acids is 3. The number of alkyl halides is 8. The van der Waals surface area contributed by atoms with Crippen LogP contribution in [-0.4, -0.2) is 163 Å². The zero-order chi connectivity index (χ0) is 69.9. The van der Waals surface area contributed by atoms with Crippen LogP contribution in [0.2, 0.25) is 0 Å². The summed E-state index contributed by atoms with van der Waals surface area (Å²) in [6, 6.07) is 12.3.